The summed E-state index contributed by atoms with van der Waals surface area (Å²) in [6.45, 7) is 7.48. The van der Waals surface area contributed by atoms with E-state index >= 15 is 0 Å². The minimum absolute atomic E-state index is 0.0454. The van der Waals surface area contributed by atoms with Gasteiger partial charge < -0.3 is 20.5 Å². The highest BCUT2D eigenvalue weighted by Gasteiger charge is 2.34. The van der Waals surface area contributed by atoms with Gasteiger partial charge in [-0.15, -0.1) is 0 Å². The summed E-state index contributed by atoms with van der Waals surface area (Å²) >= 11 is 0. The lowest BCUT2D eigenvalue weighted by molar-refractivity contribution is -0.145. The summed E-state index contributed by atoms with van der Waals surface area (Å²) in [5, 5.41) is 14.8. The summed E-state index contributed by atoms with van der Waals surface area (Å²) in [5.41, 5.74) is 3.92. The standard InChI is InChI=1S/C27H34N2O5/c1-5-10-17(24(30)29-23(25(31)32)27(2,3)4)15-28-26(33)34-16-22-20-13-8-6-11-18(20)19-12-7-9-14-21(19)22/h6-9,11-14,17,22-23H,5,10,15-16H2,1-4H3,(H,28,33)(H,29,30)(H,31,32)/t17?,23-/m0/s1. The van der Waals surface area contributed by atoms with Crippen LogP contribution in [0.15, 0.2) is 48.5 Å². The van der Waals surface area contributed by atoms with E-state index in [1.54, 1.807) is 20.8 Å². The van der Waals surface area contributed by atoms with Crippen LogP contribution in [-0.4, -0.2) is 42.3 Å². The first-order valence-corrected chi connectivity index (χ1v) is 11.8. The Labute approximate surface area is 200 Å². The average Bonchev–Trinajstić information content (AvgIpc) is 3.11. The van der Waals surface area contributed by atoms with Crippen molar-refractivity contribution in [1.82, 2.24) is 10.6 Å². The number of hydrogen-bond acceptors (Lipinski definition) is 4. The Balaban J connectivity index is 1.59. The number of carbonyl (C=O) groups is 3. The van der Waals surface area contributed by atoms with E-state index in [1.165, 1.54) is 0 Å². The maximum atomic E-state index is 12.8. The van der Waals surface area contributed by atoms with Crippen LogP contribution < -0.4 is 10.6 Å². The van der Waals surface area contributed by atoms with Crippen LogP contribution in [0.25, 0.3) is 11.1 Å². The van der Waals surface area contributed by atoms with E-state index in [1.807, 2.05) is 31.2 Å². The fourth-order valence-corrected chi connectivity index (χ4v) is 4.44. The van der Waals surface area contributed by atoms with E-state index in [9.17, 15) is 19.5 Å². The van der Waals surface area contributed by atoms with Gasteiger partial charge in [-0.1, -0.05) is 82.6 Å². The number of ether oxygens (including phenoxy) is 1. The van der Waals surface area contributed by atoms with Crippen LogP contribution in [0.3, 0.4) is 0 Å². The number of amides is 2. The molecular weight excluding hydrogens is 432 g/mol. The van der Waals surface area contributed by atoms with Gasteiger partial charge in [-0.2, -0.15) is 0 Å². The van der Waals surface area contributed by atoms with E-state index < -0.39 is 29.4 Å². The second-order valence-corrected chi connectivity index (χ2v) is 9.84. The molecule has 0 radical (unpaired) electrons. The average molecular weight is 467 g/mol. The SMILES string of the molecule is CCCC(CNC(=O)OCC1c2ccccc2-c2ccccc21)C(=O)N[C@@H](C(=O)O)C(C)(C)C. The number of aliphatic carboxylic acids is 1. The number of nitrogens with one attached hydrogen (secondary N) is 2. The zero-order chi connectivity index (χ0) is 24.9. The van der Waals surface area contributed by atoms with E-state index in [0.717, 1.165) is 28.7 Å². The van der Waals surface area contributed by atoms with Crippen LogP contribution in [0.1, 0.15) is 57.6 Å². The van der Waals surface area contributed by atoms with Crippen molar-refractivity contribution >= 4 is 18.0 Å². The molecule has 0 heterocycles. The molecule has 1 aliphatic carbocycles. The quantitative estimate of drug-likeness (QED) is 0.503. The predicted molar refractivity (Wildman–Crippen MR) is 130 cm³/mol. The normalized spacial score (nSPS) is 14.5. The fourth-order valence-electron chi connectivity index (χ4n) is 4.44. The highest BCUT2D eigenvalue weighted by molar-refractivity contribution is 5.86. The molecule has 0 saturated carbocycles. The molecule has 0 aliphatic heterocycles. The molecule has 3 rings (SSSR count). The first-order valence-electron chi connectivity index (χ1n) is 11.8. The highest BCUT2D eigenvalue weighted by Crippen LogP contribution is 2.44. The number of carbonyl (C=O) groups excluding carboxylic acids is 2. The van der Waals surface area contributed by atoms with Crippen molar-refractivity contribution in [1.29, 1.82) is 0 Å². The molecule has 0 fully saturated rings. The lowest BCUT2D eigenvalue weighted by Gasteiger charge is -2.29. The molecule has 2 aromatic rings. The van der Waals surface area contributed by atoms with Crippen LogP contribution in [0, 0.1) is 11.3 Å². The van der Waals surface area contributed by atoms with Gasteiger partial charge >= 0.3 is 12.1 Å². The largest absolute Gasteiger partial charge is 0.480 e. The van der Waals surface area contributed by atoms with Crippen LogP contribution >= 0.6 is 0 Å². The molecular formula is C27H34N2O5. The van der Waals surface area contributed by atoms with Gasteiger partial charge in [0.05, 0.1) is 5.92 Å². The first kappa shape index (κ1) is 25.3. The van der Waals surface area contributed by atoms with Crippen molar-refractivity contribution in [2.75, 3.05) is 13.2 Å². The van der Waals surface area contributed by atoms with Crippen LogP contribution in [0.5, 0.6) is 0 Å². The second-order valence-electron chi connectivity index (χ2n) is 9.84. The molecule has 2 amide bonds. The molecule has 0 spiro atoms. The zero-order valence-corrected chi connectivity index (χ0v) is 20.3. The van der Waals surface area contributed by atoms with Gasteiger partial charge in [0.2, 0.25) is 5.91 Å². The maximum Gasteiger partial charge on any atom is 0.407 e. The summed E-state index contributed by atoms with van der Waals surface area (Å²) in [7, 11) is 0. The molecule has 0 bridgehead atoms. The second kappa shape index (κ2) is 10.7. The van der Waals surface area contributed by atoms with Crippen molar-refractivity contribution < 1.29 is 24.2 Å². The van der Waals surface area contributed by atoms with E-state index in [-0.39, 0.29) is 25.0 Å². The molecule has 1 aliphatic rings. The van der Waals surface area contributed by atoms with Gasteiger partial charge in [0.1, 0.15) is 12.6 Å². The Hall–Kier alpha value is -3.35. The topological polar surface area (TPSA) is 105 Å². The summed E-state index contributed by atoms with van der Waals surface area (Å²) < 4.78 is 5.55. The van der Waals surface area contributed by atoms with Crippen LogP contribution in [0.2, 0.25) is 0 Å². The van der Waals surface area contributed by atoms with E-state index in [2.05, 4.69) is 34.9 Å². The molecule has 7 heteroatoms. The Morgan fingerprint density at radius 2 is 1.56 bits per heavy atom. The monoisotopic (exact) mass is 466 g/mol. The van der Waals surface area contributed by atoms with Gasteiger partial charge in [-0.05, 0) is 34.1 Å². The molecule has 7 nitrogen and oxygen atoms in total. The highest BCUT2D eigenvalue weighted by atomic mass is 16.5. The number of carboxylic acids is 1. The summed E-state index contributed by atoms with van der Waals surface area (Å²) in [6.07, 6.45) is 0.644. The zero-order valence-electron chi connectivity index (χ0n) is 20.3. The van der Waals surface area contributed by atoms with Crippen molar-refractivity contribution in [2.24, 2.45) is 11.3 Å². The molecule has 0 aromatic heterocycles. The third-order valence-electron chi connectivity index (χ3n) is 6.24. The van der Waals surface area contributed by atoms with Gasteiger partial charge in [0.25, 0.3) is 0 Å². The molecule has 0 saturated heterocycles. The van der Waals surface area contributed by atoms with Gasteiger partial charge in [0.15, 0.2) is 0 Å². The number of benzene rings is 2. The lowest BCUT2D eigenvalue weighted by Crippen LogP contribution is -2.52. The number of carboxylic acid groups (broad SMARTS) is 1. The van der Waals surface area contributed by atoms with Crippen molar-refractivity contribution in [3.8, 4) is 11.1 Å². The molecule has 1 unspecified atom stereocenters. The molecule has 3 N–H and O–H groups in total. The molecule has 182 valence electrons. The molecule has 34 heavy (non-hydrogen) atoms. The Kier molecular flexibility index (Phi) is 7.97. The van der Waals surface area contributed by atoms with Crippen LogP contribution in [0.4, 0.5) is 4.79 Å². The minimum atomic E-state index is -1.08. The van der Waals surface area contributed by atoms with Gasteiger partial charge in [0, 0.05) is 12.5 Å². The van der Waals surface area contributed by atoms with E-state index in [4.69, 9.17) is 4.74 Å². The summed E-state index contributed by atoms with van der Waals surface area (Å²) in [5.74, 6) is -2.06. The number of hydrogen-bond donors (Lipinski definition) is 3. The lowest BCUT2D eigenvalue weighted by atomic mass is 9.86. The number of fused-ring (bicyclic) bond motifs is 3. The van der Waals surface area contributed by atoms with Gasteiger partial charge in [-0.3, -0.25) is 4.79 Å². The fraction of sp³-hybridized carbons (Fsp3) is 0.444. The number of rotatable bonds is 9. The van der Waals surface area contributed by atoms with Crippen molar-refractivity contribution in [2.45, 2.75) is 52.5 Å². The molecule has 2 aromatic carbocycles. The minimum Gasteiger partial charge on any atom is -0.480 e. The Morgan fingerprint density at radius 1 is 1.00 bits per heavy atom. The summed E-state index contributed by atoms with van der Waals surface area (Å²) in [6, 6.07) is 15.2. The van der Waals surface area contributed by atoms with Gasteiger partial charge in [-0.25, -0.2) is 9.59 Å². The van der Waals surface area contributed by atoms with Crippen LogP contribution in [-0.2, 0) is 14.3 Å². The Morgan fingerprint density at radius 3 is 2.06 bits per heavy atom. The third kappa shape index (κ3) is 5.76. The molecule has 2 atom stereocenters. The Bertz CT molecular complexity index is 998. The van der Waals surface area contributed by atoms with Crippen molar-refractivity contribution in [3.05, 3.63) is 59.7 Å². The predicted octanol–water partition coefficient (Wildman–Crippen LogP) is 4.56. The smallest absolute Gasteiger partial charge is 0.407 e. The van der Waals surface area contributed by atoms with E-state index in [0.29, 0.717) is 6.42 Å². The first-order chi connectivity index (χ1) is 16.1. The number of alkyl carbamates (subject to hydrolysis) is 1. The third-order valence-corrected chi connectivity index (χ3v) is 6.24. The van der Waals surface area contributed by atoms with Crippen molar-refractivity contribution in [3.63, 3.8) is 0 Å². The summed E-state index contributed by atoms with van der Waals surface area (Å²) in [4.78, 5) is 36.9. The maximum absolute atomic E-state index is 12.8.